The van der Waals surface area contributed by atoms with Crippen LogP contribution in [0.25, 0.3) is 10.9 Å². The van der Waals surface area contributed by atoms with Crippen LogP contribution in [0.1, 0.15) is 5.56 Å². The van der Waals surface area contributed by atoms with Gasteiger partial charge in [-0.25, -0.2) is 9.37 Å². The van der Waals surface area contributed by atoms with Gasteiger partial charge in [-0.3, -0.25) is 0 Å². The smallest absolute Gasteiger partial charge is 0.221 e. The summed E-state index contributed by atoms with van der Waals surface area (Å²) in [4.78, 5) is 4.28. The summed E-state index contributed by atoms with van der Waals surface area (Å²) in [6, 6.07) is 16.9. The van der Waals surface area contributed by atoms with E-state index in [-0.39, 0.29) is 11.6 Å². The van der Waals surface area contributed by atoms with Gasteiger partial charge in [0.05, 0.1) is 11.1 Å². The molecule has 3 nitrogen and oxygen atoms in total. The van der Waals surface area contributed by atoms with Gasteiger partial charge in [-0.2, -0.15) is 5.26 Å². The van der Waals surface area contributed by atoms with Gasteiger partial charge >= 0.3 is 0 Å². The van der Waals surface area contributed by atoms with Crippen molar-refractivity contribution >= 4 is 10.9 Å². The van der Waals surface area contributed by atoms with E-state index in [1.54, 1.807) is 18.2 Å². The first-order valence-corrected chi connectivity index (χ1v) is 6.00. The molecule has 0 saturated carbocycles. The Labute approximate surface area is 114 Å². The fraction of sp³-hybridized carbons (Fsp3) is 0. The Morgan fingerprint density at radius 3 is 2.60 bits per heavy atom. The molecule has 0 fully saturated rings. The molecular weight excluding hydrogens is 255 g/mol. The molecule has 0 amide bonds. The van der Waals surface area contributed by atoms with E-state index in [4.69, 9.17) is 4.74 Å². The Balaban J connectivity index is 2.09. The second kappa shape index (κ2) is 4.98. The number of nitrogens with zero attached hydrogens (tertiary/aromatic N) is 2. The highest BCUT2D eigenvalue weighted by atomic mass is 19.1. The van der Waals surface area contributed by atoms with Gasteiger partial charge in [0.15, 0.2) is 11.6 Å². The predicted molar refractivity (Wildman–Crippen MR) is 72.9 cm³/mol. The van der Waals surface area contributed by atoms with Crippen LogP contribution in [0, 0.1) is 17.1 Å². The van der Waals surface area contributed by atoms with Crippen LogP contribution in [0.15, 0.2) is 54.6 Å². The normalized spacial score (nSPS) is 10.2. The Morgan fingerprint density at radius 2 is 1.80 bits per heavy atom. The molecule has 20 heavy (non-hydrogen) atoms. The molecule has 0 N–H and O–H groups in total. The number of hydrogen-bond donors (Lipinski definition) is 0. The van der Waals surface area contributed by atoms with Crippen molar-refractivity contribution in [2.24, 2.45) is 0 Å². The van der Waals surface area contributed by atoms with Crippen LogP contribution < -0.4 is 4.74 Å². The molecule has 0 saturated heterocycles. The van der Waals surface area contributed by atoms with Crippen molar-refractivity contribution < 1.29 is 9.13 Å². The van der Waals surface area contributed by atoms with Crippen molar-refractivity contribution in [2.75, 3.05) is 0 Å². The van der Waals surface area contributed by atoms with E-state index < -0.39 is 5.82 Å². The predicted octanol–water partition coefficient (Wildman–Crippen LogP) is 4.04. The van der Waals surface area contributed by atoms with Crippen molar-refractivity contribution in [3.63, 3.8) is 0 Å². The minimum Gasteiger partial charge on any atom is -0.436 e. The third-order valence-corrected chi connectivity index (χ3v) is 2.86. The van der Waals surface area contributed by atoms with Crippen LogP contribution in [-0.2, 0) is 0 Å². The van der Waals surface area contributed by atoms with E-state index in [9.17, 15) is 9.65 Å². The third kappa shape index (κ3) is 2.17. The van der Waals surface area contributed by atoms with Gasteiger partial charge in [0.25, 0.3) is 0 Å². The van der Waals surface area contributed by atoms with Gasteiger partial charge in [-0.1, -0.05) is 30.3 Å². The average Bonchev–Trinajstić information content (AvgIpc) is 2.49. The van der Waals surface area contributed by atoms with Crippen LogP contribution in [-0.4, -0.2) is 4.98 Å². The molecule has 0 spiro atoms. The molecule has 96 valence electrons. The lowest BCUT2D eigenvalue weighted by molar-refractivity contribution is 0.429. The minimum absolute atomic E-state index is 0.0826. The molecule has 3 rings (SSSR count). The van der Waals surface area contributed by atoms with Crippen molar-refractivity contribution in [3.8, 4) is 17.7 Å². The molecule has 2 aromatic carbocycles. The largest absolute Gasteiger partial charge is 0.436 e. The SMILES string of the molecule is N#Cc1cc(Oc2ccccc2F)nc2ccccc12. The van der Waals surface area contributed by atoms with Crippen LogP contribution in [0.2, 0.25) is 0 Å². The second-order valence-electron chi connectivity index (χ2n) is 4.17. The number of fused-ring (bicyclic) bond motifs is 1. The number of nitriles is 1. The number of ether oxygens (including phenoxy) is 1. The summed E-state index contributed by atoms with van der Waals surface area (Å²) in [7, 11) is 0. The molecule has 0 radical (unpaired) electrons. The van der Waals surface area contributed by atoms with E-state index in [1.165, 1.54) is 18.2 Å². The third-order valence-electron chi connectivity index (χ3n) is 2.86. The molecular formula is C16H9FN2O. The summed E-state index contributed by atoms with van der Waals surface area (Å²) in [5, 5.41) is 9.92. The van der Waals surface area contributed by atoms with Crippen molar-refractivity contribution in [2.45, 2.75) is 0 Å². The lowest BCUT2D eigenvalue weighted by Gasteiger charge is -2.07. The summed E-state index contributed by atoms with van der Waals surface area (Å²) in [5.74, 6) is -0.189. The number of halogens is 1. The van der Waals surface area contributed by atoms with Crippen molar-refractivity contribution in [1.82, 2.24) is 4.98 Å². The first-order chi connectivity index (χ1) is 9.78. The zero-order chi connectivity index (χ0) is 13.9. The lowest BCUT2D eigenvalue weighted by Crippen LogP contribution is -1.93. The Hall–Kier alpha value is -2.93. The van der Waals surface area contributed by atoms with Crippen LogP contribution in [0.4, 0.5) is 4.39 Å². The molecule has 1 aromatic heterocycles. The molecule has 0 aliphatic heterocycles. The fourth-order valence-corrected chi connectivity index (χ4v) is 1.94. The standard InChI is InChI=1S/C16H9FN2O/c17-13-6-2-4-8-15(13)20-16-9-11(10-18)12-5-1-3-7-14(12)19-16/h1-9H. The molecule has 0 unspecified atom stereocenters. The van der Waals surface area contributed by atoms with Gasteiger partial charge < -0.3 is 4.74 Å². The molecule has 4 heteroatoms. The molecule has 3 aromatic rings. The lowest BCUT2D eigenvalue weighted by atomic mass is 10.1. The van der Waals surface area contributed by atoms with E-state index in [1.807, 2.05) is 18.2 Å². The maximum absolute atomic E-state index is 13.6. The molecule has 0 aliphatic carbocycles. The van der Waals surface area contributed by atoms with Gasteiger partial charge in [0.1, 0.15) is 6.07 Å². The molecule has 1 heterocycles. The van der Waals surface area contributed by atoms with Gasteiger partial charge in [-0.05, 0) is 18.2 Å². The van der Waals surface area contributed by atoms with E-state index in [0.717, 1.165) is 5.39 Å². The van der Waals surface area contributed by atoms with Crippen molar-refractivity contribution in [3.05, 3.63) is 66.0 Å². The summed E-state index contributed by atoms with van der Waals surface area (Å²) in [5.41, 5.74) is 1.08. The number of hydrogen-bond acceptors (Lipinski definition) is 3. The Kier molecular flexibility index (Phi) is 3.02. The highest BCUT2D eigenvalue weighted by Crippen LogP contribution is 2.26. The number of para-hydroxylation sites is 2. The molecule has 0 atom stereocenters. The van der Waals surface area contributed by atoms with E-state index in [2.05, 4.69) is 11.1 Å². The van der Waals surface area contributed by atoms with Crippen molar-refractivity contribution in [1.29, 1.82) is 5.26 Å². The topological polar surface area (TPSA) is 45.9 Å². The summed E-state index contributed by atoms with van der Waals surface area (Å²) >= 11 is 0. The summed E-state index contributed by atoms with van der Waals surface area (Å²) < 4.78 is 19.0. The fourth-order valence-electron chi connectivity index (χ4n) is 1.94. The number of benzene rings is 2. The summed E-state index contributed by atoms with van der Waals surface area (Å²) in [6.45, 7) is 0. The monoisotopic (exact) mass is 264 g/mol. The summed E-state index contributed by atoms with van der Waals surface area (Å²) in [6.07, 6.45) is 0. The quantitative estimate of drug-likeness (QED) is 0.701. The number of pyridine rings is 1. The number of rotatable bonds is 2. The minimum atomic E-state index is -0.471. The Morgan fingerprint density at radius 1 is 1.05 bits per heavy atom. The maximum Gasteiger partial charge on any atom is 0.221 e. The molecule has 0 bridgehead atoms. The average molecular weight is 264 g/mol. The zero-order valence-electron chi connectivity index (χ0n) is 10.4. The highest BCUT2D eigenvalue weighted by Gasteiger charge is 2.09. The van der Waals surface area contributed by atoms with Gasteiger partial charge in [0, 0.05) is 11.5 Å². The first-order valence-electron chi connectivity index (χ1n) is 6.00. The van der Waals surface area contributed by atoms with Crippen LogP contribution in [0.3, 0.4) is 0 Å². The Bertz CT molecular complexity index is 824. The molecule has 0 aliphatic rings. The van der Waals surface area contributed by atoms with Gasteiger partial charge in [0.2, 0.25) is 5.88 Å². The van der Waals surface area contributed by atoms with Gasteiger partial charge in [-0.15, -0.1) is 0 Å². The van der Waals surface area contributed by atoms with Crippen LogP contribution >= 0.6 is 0 Å². The second-order valence-corrected chi connectivity index (χ2v) is 4.17. The number of aromatic nitrogens is 1. The van der Waals surface area contributed by atoms with Crippen LogP contribution in [0.5, 0.6) is 11.6 Å². The van der Waals surface area contributed by atoms with E-state index in [0.29, 0.717) is 11.1 Å². The maximum atomic E-state index is 13.6. The highest BCUT2D eigenvalue weighted by molar-refractivity contribution is 5.85. The first kappa shape index (κ1) is 12.1. The zero-order valence-corrected chi connectivity index (χ0v) is 10.4. The van der Waals surface area contributed by atoms with E-state index >= 15 is 0 Å².